The quantitative estimate of drug-likeness (QED) is 0.814. The molecule has 3 rings (SSSR count). The minimum atomic E-state index is -0.809. The molecule has 112 valence electrons. The Balaban J connectivity index is 1.61. The normalized spacial score (nSPS) is 18.7. The fourth-order valence-corrected chi connectivity index (χ4v) is 2.13. The second-order valence-corrected chi connectivity index (χ2v) is 5.60. The van der Waals surface area contributed by atoms with Crippen LogP contribution in [0.4, 0.5) is 0 Å². The van der Waals surface area contributed by atoms with Crippen molar-refractivity contribution in [3.63, 3.8) is 0 Å². The molecule has 0 aliphatic heterocycles. The first-order chi connectivity index (χ1) is 10.1. The number of esters is 1. The Morgan fingerprint density at radius 3 is 2.43 bits per heavy atom. The van der Waals surface area contributed by atoms with Gasteiger partial charge in [0.15, 0.2) is 0 Å². The van der Waals surface area contributed by atoms with Crippen molar-refractivity contribution >= 4 is 11.9 Å². The van der Waals surface area contributed by atoms with Crippen molar-refractivity contribution in [2.75, 3.05) is 6.61 Å². The summed E-state index contributed by atoms with van der Waals surface area (Å²) in [5.41, 5.74) is -0.287. The molecular weight excluding hydrogens is 270 g/mol. The highest BCUT2D eigenvalue weighted by atomic mass is 16.5. The molecule has 0 radical (unpaired) electrons. The minimum Gasteiger partial charge on any atom is -0.490 e. The van der Waals surface area contributed by atoms with Crippen LogP contribution in [0.5, 0.6) is 5.75 Å². The Labute approximate surface area is 123 Å². The summed E-state index contributed by atoms with van der Waals surface area (Å²) >= 11 is 0. The van der Waals surface area contributed by atoms with E-state index in [1.807, 2.05) is 0 Å². The van der Waals surface area contributed by atoms with E-state index < -0.39 is 5.54 Å². The van der Waals surface area contributed by atoms with Crippen molar-refractivity contribution in [3.8, 4) is 5.75 Å². The van der Waals surface area contributed by atoms with E-state index in [1.54, 1.807) is 31.2 Å². The average Bonchev–Trinajstić information content (AvgIpc) is 3.37. The Morgan fingerprint density at radius 2 is 1.90 bits per heavy atom. The first-order valence-corrected chi connectivity index (χ1v) is 7.39. The van der Waals surface area contributed by atoms with Crippen molar-refractivity contribution in [3.05, 3.63) is 29.8 Å². The summed E-state index contributed by atoms with van der Waals surface area (Å²) in [5.74, 6) is 0.186. The predicted octanol–water partition coefficient (Wildman–Crippen LogP) is 2.05. The van der Waals surface area contributed by atoms with E-state index in [-0.39, 0.29) is 11.9 Å². The number of hydrogen-bond acceptors (Lipinski definition) is 4. The monoisotopic (exact) mass is 289 g/mol. The van der Waals surface area contributed by atoms with Gasteiger partial charge in [0.05, 0.1) is 12.7 Å². The van der Waals surface area contributed by atoms with Gasteiger partial charge in [0.25, 0.3) is 5.91 Å². The highest BCUT2D eigenvalue weighted by Crippen LogP contribution is 2.37. The molecule has 0 heterocycles. The fourth-order valence-electron chi connectivity index (χ4n) is 2.13. The maximum atomic E-state index is 12.2. The van der Waals surface area contributed by atoms with Gasteiger partial charge < -0.3 is 14.8 Å². The molecule has 1 aromatic carbocycles. The summed E-state index contributed by atoms with van der Waals surface area (Å²) in [6.07, 6.45) is 3.82. The molecule has 2 saturated carbocycles. The summed E-state index contributed by atoms with van der Waals surface area (Å²) in [7, 11) is 0. The van der Waals surface area contributed by atoms with Gasteiger partial charge in [-0.3, -0.25) is 4.79 Å². The lowest BCUT2D eigenvalue weighted by molar-refractivity contribution is -0.146. The van der Waals surface area contributed by atoms with Crippen LogP contribution in [-0.2, 0) is 9.53 Å². The van der Waals surface area contributed by atoms with Crippen molar-refractivity contribution in [1.29, 1.82) is 0 Å². The van der Waals surface area contributed by atoms with Gasteiger partial charge in [0.2, 0.25) is 0 Å². The molecule has 5 heteroatoms. The Bertz CT molecular complexity index is 544. The van der Waals surface area contributed by atoms with E-state index in [1.165, 1.54) is 0 Å². The SMILES string of the molecule is CCOC(=O)C1(NC(=O)c2ccc(OC3CC3)cc2)CC1. The van der Waals surface area contributed by atoms with Gasteiger partial charge in [0, 0.05) is 5.56 Å². The van der Waals surface area contributed by atoms with Gasteiger partial charge in [-0.25, -0.2) is 4.79 Å². The molecule has 0 unspecified atom stereocenters. The van der Waals surface area contributed by atoms with Crippen molar-refractivity contribution in [2.24, 2.45) is 0 Å². The van der Waals surface area contributed by atoms with Crippen LogP contribution in [0.15, 0.2) is 24.3 Å². The number of rotatable bonds is 6. The van der Waals surface area contributed by atoms with Crippen LogP contribution in [0.25, 0.3) is 0 Å². The van der Waals surface area contributed by atoms with Crippen LogP contribution in [0.1, 0.15) is 43.0 Å². The fraction of sp³-hybridized carbons (Fsp3) is 0.500. The highest BCUT2D eigenvalue weighted by Gasteiger charge is 2.52. The van der Waals surface area contributed by atoms with Crippen molar-refractivity contribution in [1.82, 2.24) is 5.32 Å². The van der Waals surface area contributed by atoms with Crippen LogP contribution in [0, 0.1) is 0 Å². The summed E-state index contributed by atoms with van der Waals surface area (Å²) in [6, 6.07) is 7.01. The third-order valence-electron chi connectivity index (χ3n) is 3.71. The first-order valence-electron chi connectivity index (χ1n) is 7.39. The van der Waals surface area contributed by atoms with Gasteiger partial charge in [-0.2, -0.15) is 0 Å². The third kappa shape index (κ3) is 3.17. The Morgan fingerprint density at radius 1 is 1.24 bits per heavy atom. The van der Waals surface area contributed by atoms with E-state index in [9.17, 15) is 9.59 Å². The standard InChI is InChI=1S/C16H19NO4/c1-2-20-15(19)16(9-10-16)17-14(18)11-3-5-12(6-4-11)21-13-7-8-13/h3-6,13H,2,7-10H2,1H3,(H,17,18). The van der Waals surface area contributed by atoms with Gasteiger partial charge in [-0.1, -0.05) is 0 Å². The van der Waals surface area contributed by atoms with E-state index in [4.69, 9.17) is 9.47 Å². The van der Waals surface area contributed by atoms with Crippen molar-refractivity contribution in [2.45, 2.75) is 44.2 Å². The molecule has 0 saturated heterocycles. The van der Waals surface area contributed by atoms with Crippen LogP contribution in [0.3, 0.4) is 0 Å². The molecule has 1 aromatic rings. The van der Waals surface area contributed by atoms with Gasteiger partial charge in [0.1, 0.15) is 11.3 Å². The molecule has 0 spiro atoms. The van der Waals surface area contributed by atoms with Gasteiger partial charge in [-0.05, 0) is 56.9 Å². The second kappa shape index (κ2) is 5.39. The van der Waals surface area contributed by atoms with Crippen LogP contribution >= 0.6 is 0 Å². The Hall–Kier alpha value is -2.04. The number of nitrogens with one attached hydrogen (secondary N) is 1. The van der Waals surface area contributed by atoms with Crippen LogP contribution in [0.2, 0.25) is 0 Å². The molecule has 1 amide bonds. The number of amides is 1. The number of benzene rings is 1. The maximum absolute atomic E-state index is 12.2. The van der Waals surface area contributed by atoms with Crippen LogP contribution < -0.4 is 10.1 Å². The first kappa shape index (κ1) is 13.9. The van der Waals surface area contributed by atoms with Gasteiger partial charge in [-0.15, -0.1) is 0 Å². The molecule has 5 nitrogen and oxygen atoms in total. The molecule has 0 bridgehead atoms. The van der Waals surface area contributed by atoms with E-state index >= 15 is 0 Å². The Kier molecular flexibility index (Phi) is 3.57. The molecule has 2 fully saturated rings. The molecule has 0 aromatic heterocycles. The number of hydrogen-bond donors (Lipinski definition) is 1. The molecule has 1 N–H and O–H groups in total. The predicted molar refractivity (Wildman–Crippen MR) is 76.2 cm³/mol. The van der Waals surface area contributed by atoms with E-state index in [0.29, 0.717) is 31.1 Å². The van der Waals surface area contributed by atoms with Crippen molar-refractivity contribution < 1.29 is 19.1 Å². The zero-order valence-electron chi connectivity index (χ0n) is 12.1. The highest BCUT2D eigenvalue weighted by molar-refractivity contribution is 5.99. The number of carbonyl (C=O) groups excluding carboxylic acids is 2. The lowest BCUT2D eigenvalue weighted by atomic mass is 10.1. The largest absolute Gasteiger partial charge is 0.490 e. The maximum Gasteiger partial charge on any atom is 0.331 e. The summed E-state index contributed by atoms with van der Waals surface area (Å²) in [4.78, 5) is 24.0. The number of carbonyl (C=O) groups is 2. The van der Waals surface area contributed by atoms with Gasteiger partial charge >= 0.3 is 5.97 Å². The lowest BCUT2D eigenvalue weighted by Crippen LogP contribution is -2.44. The third-order valence-corrected chi connectivity index (χ3v) is 3.71. The summed E-state index contributed by atoms with van der Waals surface area (Å²) in [6.45, 7) is 2.08. The van der Waals surface area contributed by atoms with E-state index in [0.717, 1.165) is 18.6 Å². The topological polar surface area (TPSA) is 64.6 Å². The average molecular weight is 289 g/mol. The second-order valence-electron chi connectivity index (χ2n) is 5.60. The molecule has 21 heavy (non-hydrogen) atoms. The van der Waals surface area contributed by atoms with E-state index in [2.05, 4.69) is 5.32 Å². The lowest BCUT2D eigenvalue weighted by Gasteiger charge is -2.16. The van der Waals surface area contributed by atoms with Crippen LogP contribution in [-0.4, -0.2) is 30.1 Å². The smallest absolute Gasteiger partial charge is 0.331 e. The molecular formula is C16H19NO4. The number of ether oxygens (including phenoxy) is 2. The summed E-state index contributed by atoms with van der Waals surface area (Å²) in [5, 5.41) is 2.79. The summed E-state index contributed by atoms with van der Waals surface area (Å²) < 4.78 is 10.6. The zero-order valence-corrected chi connectivity index (χ0v) is 12.1. The molecule has 2 aliphatic rings. The molecule has 2 aliphatic carbocycles. The minimum absolute atomic E-state index is 0.251. The zero-order chi connectivity index (χ0) is 14.9. The molecule has 0 atom stereocenters.